The van der Waals surface area contributed by atoms with Crippen molar-refractivity contribution in [2.75, 3.05) is 6.61 Å². The number of hydrogen-bond donors (Lipinski definition) is 1. The average molecular weight is 236 g/mol. The first-order valence-corrected chi connectivity index (χ1v) is 6.48. The molecule has 1 N–H and O–H groups in total. The van der Waals surface area contributed by atoms with Gasteiger partial charge >= 0.3 is 0 Å². The Morgan fingerprint density at radius 3 is 2.65 bits per heavy atom. The molecule has 0 heterocycles. The monoisotopic (exact) mass is 236 g/mol. The van der Waals surface area contributed by atoms with Crippen molar-refractivity contribution in [2.24, 2.45) is 0 Å². The van der Waals surface area contributed by atoms with Gasteiger partial charge in [-0.1, -0.05) is 30.7 Å². The Labute approximate surface area is 105 Å². The number of aliphatic hydroxyl groups is 1. The molecule has 96 valence electrons. The highest BCUT2D eigenvalue weighted by Crippen LogP contribution is 2.15. The summed E-state index contributed by atoms with van der Waals surface area (Å²) in [5.74, 6) is 1.79. The maximum absolute atomic E-state index is 9.97. The number of hydrogen-bond acceptors (Lipinski definition) is 2. The molecule has 0 atom stereocenters. The van der Waals surface area contributed by atoms with Crippen LogP contribution in [0.4, 0.5) is 0 Å². The number of unbranched alkanes of at least 4 members (excludes halogenated alkanes) is 2. The summed E-state index contributed by atoms with van der Waals surface area (Å²) in [7, 11) is 0. The third kappa shape index (κ3) is 11.2. The maximum atomic E-state index is 9.97. The van der Waals surface area contributed by atoms with Gasteiger partial charge in [0.25, 0.3) is 0 Å². The Bertz CT molecular complexity index is 271. The van der Waals surface area contributed by atoms with Crippen LogP contribution >= 0.6 is 0 Å². The Morgan fingerprint density at radius 1 is 1.18 bits per heavy atom. The minimum absolute atomic E-state index is 0.126. The molecule has 0 amide bonds. The first-order valence-electron chi connectivity index (χ1n) is 6.48. The molecule has 0 aliphatic heterocycles. The van der Waals surface area contributed by atoms with Crippen molar-refractivity contribution in [1.29, 1.82) is 0 Å². The second-order valence-corrected chi connectivity index (χ2v) is 4.03. The molecule has 2 heteroatoms. The Morgan fingerprint density at radius 2 is 2.00 bits per heavy atom. The van der Waals surface area contributed by atoms with Crippen LogP contribution in [-0.2, 0) is 4.79 Å². The molecule has 0 radical (unpaired) electrons. The molecule has 0 fully saturated rings. The van der Waals surface area contributed by atoms with Crippen LogP contribution in [0.15, 0.2) is 29.9 Å². The van der Waals surface area contributed by atoms with Gasteiger partial charge in [0, 0.05) is 0 Å². The van der Waals surface area contributed by atoms with Crippen LogP contribution in [0, 0.1) is 0 Å². The predicted molar refractivity (Wildman–Crippen MR) is 72.6 cm³/mol. The van der Waals surface area contributed by atoms with Crippen molar-refractivity contribution < 1.29 is 9.90 Å². The van der Waals surface area contributed by atoms with Crippen LogP contribution in [0.3, 0.4) is 0 Å². The lowest BCUT2D eigenvalue weighted by molar-refractivity contribution is 0.341. The fraction of sp³-hybridized carbons (Fsp3) is 0.600. The zero-order valence-electron chi connectivity index (χ0n) is 10.8. The van der Waals surface area contributed by atoms with Crippen molar-refractivity contribution in [3.8, 4) is 0 Å². The van der Waals surface area contributed by atoms with Gasteiger partial charge in [0.15, 0.2) is 0 Å². The summed E-state index contributed by atoms with van der Waals surface area (Å²) in [6.45, 7) is 2.25. The van der Waals surface area contributed by atoms with Gasteiger partial charge in [-0.05, 0) is 51.0 Å². The number of allylic oxidation sites excluding steroid dienone is 4. The Hall–Kier alpha value is -1.11. The molecular formula is C15H24O2. The summed E-state index contributed by atoms with van der Waals surface area (Å²) >= 11 is 0. The van der Waals surface area contributed by atoms with Crippen LogP contribution in [0.25, 0.3) is 0 Å². The normalized spacial score (nSPS) is 11.8. The molecule has 0 saturated carbocycles. The number of carbonyl (C=O) groups excluding carboxylic acids is 1. The molecule has 0 rings (SSSR count). The van der Waals surface area contributed by atoms with E-state index in [4.69, 9.17) is 5.11 Å². The lowest BCUT2D eigenvalue weighted by Gasteiger charge is -2.05. The highest BCUT2D eigenvalue weighted by Gasteiger charge is 1.96. The highest BCUT2D eigenvalue weighted by molar-refractivity contribution is 5.44. The first-order chi connectivity index (χ1) is 8.35. The van der Waals surface area contributed by atoms with E-state index in [1.807, 2.05) is 6.08 Å². The molecular weight excluding hydrogens is 212 g/mol. The lowest BCUT2D eigenvalue weighted by Crippen LogP contribution is -1.88. The topological polar surface area (TPSA) is 37.3 Å². The predicted octanol–water partition coefficient (Wildman–Crippen LogP) is 3.60. The van der Waals surface area contributed by atoms with E-state index in [0.717, 1.165) is 44.9 Å². The van der Waals surface area contributed by atoms with Crippen LogP contribution < -0.4 is 0 Å². The van der Waals surface area contributed by atoms with Gasteiger partial charge in [0.2, 0.25) is 0 Å². The van der Waals surface area contributed by atoms with E-state index in [-0.39, 0.29) is 6.61 Å². The third-order valence-electron chi connectivity index (χ3n) is 2.59. The highest BCUT2D eigenvalue weighted by atomic mass is 16.2. The molecule has 2 nitrogen and oxygen atoms in total. The fourth-order valence-electron chi connectivity index (χ4n) is 1.67. The van der Waals surface area contributed by atoms with Crippen LogP contribution in [0.2, 0.25) is 0 Å². The largest absolute Gasteiger partial charge is 0.392 e. The molecule has 0 unspecified atom stereocenters. The van der Waals surface area contributed by atoms with Crippen LogP contribution in [0.5, 0.6) is 0 Å². The third-order valence-corrected chi connectivity index (χ3v) is 2.59. The molecule has 0 saturated heterocycles. The summed E-state index contributed by atoms with van der Waals surface area (Å²) in [6.07, 6.45) is 14.9. The molecule has 0 aromatic carbocycles. The quantitative estimate of drug-likeness (QED) is 0.357. The molecule has 0 bridgehead atoms. The molecule has 0 aliphatic rings. The first kappa shape index (κ1) is 15.9. The van der Waals surface area contributed by atoms with E-state index in [2.05, 4.69) is 19.1 Å². The lowest BCUT2D eigenvalue weighted by atomic mass is 10.0. The van der Waals surface area contributed by atoms with E-state index in [1.165, 1.54) is 5.57 Å². The molecule has 0 aromatic rings. The summed E-state index contributed by atoms with van der Waals surface area (Å²) < 4.78 is 0. The maximum Gasteiger partial charge on any atom is 0.120 e. The van der Waals surface area contributed by atoms with Crippen molar-refractivity contribution in [1.82, 2.24) is 0 Å². The van der Waals surface area contributed by atoms with Gasteiger partial charge in [-0.15, -0.1) is 0 Å². The van der Waals surface area contributed by atoms with Crippen molar-refractivity contribution in [3.05, 3.63) is 29.9 Å². The Kier molecular flexibility index (Phi) is 12.1. The van der Waals surface area contributed by atoms with E-state index in [9.17, 15) is 4.79 Å². The second-order valence-electron chi connectivity index (χ2n) is 4.03. The van der Waals surface area contributed by atoms with Crippen molar-refractivity contribution >= 4 is 5.94 Å². The summed E-state index contributed by atoms with van der Waals surface area (Å²) in [6, 6.07) is 0. The van der Waals surface area contributed by atoms with Gasteiger partial charge in [-0.25, -0.2) is 4.79 Å². The SMILES string of the molecule is CCC=CCCC(=CCO)CCCCC=C=O. The summed E-state index contributed by atoms with van der Waals surface area (Å²) in [5.41, 5.74) is 1.32. The van der Waals surface area contributed by atoms with Gasteiger partial charge in [-0.3, -0.25) is 0 Å². The fourth-order valence-corrected chi connectivity index (χ4v) is 1.67. The van der Waals surface area contributed by atoms with Gasteiger partial charge in [0.1, 0.15) is 5.94 Å². The molecule has 0 aliphatic carbocycles. The van der Waals surface area contributed by atoms with Gasteiger partial charge < -0.3 is 5.11 Å². The molecule has 17 heavy (non-hydrogen) atoms. The van der Waals surface area contributed by atoms with E-state index in [1.54, 1.807) is 12.0 Å². The smallest absolute Gasteiger partial charge is 0.120 e. The zero-order chi connectivity index (χ0) is 12.8. The van der Waals surface area contributed by atoms with Crippen LogP contribution in [0.1, 0.15) is 51.9 Å². The molecule has 0 spiro atoms. The minimum atomic E-state index is 0.126. The van der Waals surface area contributed by atoms with E-state index >= 15 is 0 Å². The minimum Gasteiger partial charge on any atom is -0.392 e. The zero-order valence-corrected chi connectivity index (χ0v) is 10.8. The van der Waals surface area contributed by atoms with Crippen molar-refractivity contribution in [2.45, 2.75) is 51.9 Å². The summed E-state index contributed by atoms with van der Waals surface area (Å²) in [4.78, 5) is 9.97. The standard InChI is InChI=1S/C15H24O2/c1-2-3-4-7-10-15(12-14-17)11-8-5-6-9-13-16/h3-4,9,12,17H,2,5-8,10-11,14H2,1H3. The summed E-state index contributed by atoms with van der Waals surface area (Å²) in [5, 5.41) is 8.93. The molecule has 0 aromatic heterocycles. The van der Waals surface area contributed by atoms with Crippen molar-refractivity contribution in [3.63, 3.8) is 0 Å². The average Bonchev–Trinajstić information content (AvgIpc) is 2.34. The van der Waals surface area contributed by atoms with Crippen LogP contribution in [-0.4, -0.2) is 17.7 Å². The van der Waals surface area contributed by atoms with E-state index < -0.39 is 0 Å². The number of rotatable bonds is 10. The van der Waals surface area contributed by atoms with Gasteiger partial charge in [-0.2, -0.15) is 0 Å². The van der Waals surface area contributed by atoms with E-state index in [0.29, 0.717) is 0 Å². The number of aliphatic hydroxyl groups excluding tert-OH is 1. The second kappa shape index (κ2) is 13.0. The Balaban J connectivity index is 3.78. The van der Waals surface area contributed by atoms with Gasteiger partial charge in [0.05, 0.1) is 6.61 Å².